The Bertz CT molecular complexity index is 970. The highest BCUT2D eigenvalue weighted by Crippen LogP contribution is 2.39. The molecule has 1 aliphatic heterocycles. The number of nitrogens with two attached hydrogens (primary N) is 1. The summed E-state index contributed by atoms with van der Waals surface area (Å²) in [6.45, 7) is -2.33. The number of ether oxygens (including phenoxy) is 1. The highest BCUT2D eigenvalue weighted by atomic mass is 19.4. The smallest absolute Gasteiger partial charge is 0.455 e. The van der Waals surface area contributed by atoms with Gasteiger partial charge in [-0.05, 0) is 26.0 Å². The molecule has 2 rings (SSSR count). The van der Waals surface area contributed by atoms with E-state index in [-0.39, 0.29) is 16.3 Å². The van der Waals surface area contributed by atoms with Crippen molar-refractivity contribution in [3.8, 4) is 5.75 Å². The predicted octanol–water partition coefficient (Wildman–Crippen LogP) is 0.563. The number of primary amides is 1. The summed E-state index contributed by atoms with van der Waals surface area (Å²) in [6.07, 6.45) is -7.82. The van der Waals surface area contributed by atoms with Crippen LogP contribution in [0.4, 0.5) is 32.0 Å². The molecule has 0 spiro atoms. The monoisotopic (exact) mass is 501 g/mol. The zero-order chi connectivity index (χ0) is 26.2. The summed E-state index contributed by atoms with van der Waals surface area (Å²) in [5.41, 5.74) is 1.32. The number of halogens is 6. The summed E-state index contributed by atoms with van der Waals surface area (Å²) in [6, 6.07) is 0.450. The molecule has 190 valence electrons. The van der Waals surface area contributed by atoms with Crippen LogP contribution in [0.2, 0.25) is 0 Å². The molecular weight excluding hydrogens is 480 g/mol. The molecule has 3 atom stereocenters. The van der Waals surface area contributed by atoms with Crippen molar-refractivity contribution in [2.45, 2.75) is 43.7 Å². The molecular formula is C19H21F6N3O6. The van der Waals surface area contributed by atoms with Crippen molar-refractivity contribution in [1.82, 2.24) is 4.90 Å². The van der Waals surface area contributed by atoms with Crippen molar-refractivity contribution >= 4 is 23.4 Å². The van der Waals surface area contributed by atoms with Gasteiger partial charge < -0.3 is 30.5 Å². The molecule has 3 amide bonds. The number of anilines is 1. The third-order valence-corrected chi connectivity index (χ3v) is 5.09. The molecule has 0 fully saturated rings. The Kier molecular flexibility index (Phi) is 7.42. The molecule has 9 nitrogen and oxygen atoms in total. The van der Waals surface area contributed by atoms with Crippen molar-refractivity contribution in [2.75, 3.05) is 24.6 Å². The van der Waals surface area contributed by atoms with Crippen LogP contribution >= 0.6 is 0 Å². The van der Waals surface area contributed by atoms with Crippen molar-refractivity contribution in [3.63, 3.8) is 0 Å². The minimum atomic E-state index is -6.18. The van der Waals surface area contributed by atoms with E-state index in [0.29, 0.717) is 11.8 Å². The number of amides is 3. The number of carbonyl (C=O) groups excluding carboxylic acids is 3. The number of aliphatic hydroxyl groups excluding tert-OH is 1. The quantitative estimate of drug-likeness (QED) is 0.370. The van der Waals surface area contributed by atoms with Gasteiger partial charge in [-0.1, -0.05) is 0 Å². The lowest BCUT2D eigenvalue weighted by Crippen LogP contribution is -2.66. The van der Waals surface area contributed by atoms with Crippen LogP contribution < -0.4 is 15.4 Å². The average molecular weight is 501 g/mol. The second-order valence-electron chi connectivity index (χ2n) is 7.67. The minimum Gasteiger partial charge on any atom is -0.486 e. The first-order valence-electron chi connectivity index (χ1n) is 9.62. The summed E-state index contributed by atoms with van der Waals surface area (Å²) >= 11 is 0. The maximum atomic E-state index is 14.0. The van der Waals surface area contributed by atoms with E-state index >= 15 is 0 Å². The molecule has 0 unspecified atom stereocenters. The summed E-state index contributed by atoms with van der Waals surface area (Å²) in [7, 11) is 0. The van der Waals surface area contributed by atoms with E-state index in [4.69, 9.17) is 10.5 Å². The van der Waals surface area contributed by atoms with Crippen LogP contribution in [0.15, 0.2) is 18.2 Å². The van der Waals surface area contributed by atoms with E-state index in [1.54, 1.807) is 0 Å². The Morgan fingerprint density at radius 3 is 2.32 bits per heavy atom. The van der Waals surface area contributed by atoms with Crippen LogP contribution in [0.5, 0.6) is 5.75 Å². The number of carbonyl (C=O) groups is 3. The van der Waals surface area contributed by atoms with Crippen LogP contribution in [-0.4, -0.2) is 82.4 Å². The van der Waals surface area contributed by atoms with Gasteiger partial charge in [-0.2, -0.15) is 22.0 Å². The van der Waals surface area contributed by atoms with Crippen molar-refractivity contribution in [2.24, 2.45) is 5.73 Å². The number of nitrogens with zero attached hydrogens (tertiary/aromatic N) is 2. The normalized spacial score (nSPS) is 20.6. The third kappa shape index (κ3) is 5.04. The topological polar surface area (TPSA) is 133 Å². The van der Waals surface area contributed by atoms with Crippen LogP contribution in [0.25, 0.3) is 0 Å². The second kappa shape index (κ2) is 9.29. The van der Waals surface area contributed by atoms with Crippen LogP contribution in [0.1, 0.15) is 13.8 Å². The molecule has 1 aromatic rings. The average Bonchev–Trinajstić information content (AvgIpc) is 2.79. The minimum absolute atomic E-state index is 0.213. The first-order valence-corrected chi connectivity index (χ1v) is 9.62. The number of alkyl halides is 5. The zero-order valence-corrected chi connectivity index (χ0v) is 17.8. The second-order valence-corrected chi connectivity index (χ2v) is 7.67. The van der Waals surface area contributed by atoms with Crippen LogP contribution in [0.3, 0.4) is 0 Å². The fourth-order valence-electron chi connectivity index (χ4n) is 3.25. The lowest BCUT2D eigenvalue weighted by molar-refractivity contribution is -0.287. The highest BCUT2D eigenvalue weighted by molar-refractivity contribution is 6.09. The van der Waals surface area contributed by atoms with Gasteiger partial charge in [0.15, 0.2) is 0 Å². The molecule has 0 saturated carbocycles. The van der Waals surface area contributed by atoms with E-state index in [2.05, 4.69) is 0 Å². The molecule has 0 bridgehead atoms. The fraction of sp³-hybridized carbons (Fsp3) is 0.526. The zero-order valence-electron chi connectivity index (χ0n) is 17.8. The predicted molar refractivity (Wildman–Crippen MR) is 102 cm³/mol. The Labute approximate surface area is 188 Å². The number of rotatable bonds is 7. The number of hydrogen-bond acceptors (Lipinski definition) is 6. The molecule has 0 aromatic heterocycles. The summed E-state index contributed by atoms with van der Waals surface area (Å²) < 4.78 is 86.2. The van der Waals surface area contributed by atoms with Crippen LogP contribution in [0, 0.1) is 5.82 Å². The molecule has 0 radical (unpaired) electrons. The molecule has 0 aliphatic carbocycles. The molecule has 1 aliphatic rings. The number of fused-ring (bicyclic) bond motifs is 1. The summed E-state index contributed by atoms with van der Waals surface area (Å²) in [4.78, 5) is 37.9. The van der Waals surface area contributed by atoms with E-state index in [1.807, 2.05) is 0 Å². The number of hydrogen-bond donors (Lipinski definition) is 3. The van der Waals surface area contributed by atoms with Crippen molar-refractivity contribution < 1.29 is 55.7 Å². The highest BCUT2D eigenvalue weighted by Gasteiger charge is 2.61. The van der Waals surface area contributed by atoms with Gasteiger partial charge in [0.1, 0.15) is 23.7 Å². The van der Waals surface area contributed by atoms with Gasteiger partial charge in [-0.25, -0.2) is 4.39 Å². The van der Waals surface area contributed by atoms with Gasteiger partial charge in [-0.3, -0.25) is 14.4 Å². The number of benzene rings is 1. The molecule has 15 heteroatoms. The SMILES string of the molecule is C[C@H]1Oc2ccc(F)cc2N(CCO)C(=O)[C@H]1N(CC(F)(F)C(F)(F)F)C(=O)[C@@](C)(O)C(N)=O. The van der Waals surface area contributed by atoms with Gasteiger partial charge in [-0.15, -0.1) is 0 Å². The molecule has 1 heterocycles. The van der Waals surface area contributed by atoms with E-state index in [0.717, 1.165) is 25.1 Å². The largest absolute Gasteiger partial charge is 0.486 e. The number of β-amino-alcohol motifs (C(OH)–C–C–N with tert-alkyl or cyclic N) is 1. The molecule has 0 saturated heterocycles. The first kappa shape index (κ1) is 27.2. The Balaban J connectivity index is 2.69. The van der Waals surface area contributed by atoms with Gasteiger partial charge in [0.25, 0.3) is 17.7 Å². The van der Waals surface area contributed by atoms with E-state index in [1.165, 1.54) is 0 Å². The van der Waals surface area contributed by atoms with Gasteiger partial charge >= 0.3 is 12.1 Å². The molecule has 34 heavy (non-hydrogen) atoms. The maximum absolute atomic E-state index is 14.0. The standard InChI is InChI=1S/C19H21F6N3O6/c1-9-13(14(30)27(5-6-29)11-7-10(20)3-4-12(11)34-9)28(8-18(21,22)19(23,24)25)16(32)17(2,33)15(26)31/h3-4,7,9,13,29,33H,5-6,8H2,1-2H3,(H2,26,31)/t9-,13+,17+/m1/s1. The Morgan fingerprint density at radius 1 is 1.24 bits per heavy atom. The summed E-state index contributed by atoms with van der Waals surface area (Å²) in [5.74, 6) is -11.8. The fourth-order valence-corrected chi connectivity index (χ4v) is 3.25. The Morgan fingerprint density at radius 2 is 1.82 bits per heavy atom. The Hall–Kier alpha value is -3.07. The van der Waals surface area contributed by atoms with Gasteiger partial charge in [0, 0.05) is 12.6 Å². The molecule has 4 N–H and O–H groups in total. The first-order chi connectivity index (χ1) is 15.5. The summed E-state index contributed by atoms with van der Waals surface area (Å²) in [5, 5.41) is 19.5. The lowest BCUT2D eigenvalue weighted by atomic mass is 9.99. The van der Waals surface area contributed by atoms with Crippen molar-refractivity contribution in [3.05, 3.63) is 24.0 Å². The van der Waals surface area contributed by atoms with Gasteiger partial charge in [0.05, 0.1) is 18.8 Å². The maximum Gasteiger partial charge on any atom is 0.455 e. The third-order valence-electron chi connectivity index (χ3n) is 5.09. The molecule has 1 aromatic carbocycles. The van der Waals surface area contributed by atoms with E-state index < -0.39 is 73.1 Å². The van der Waals surface area contributed by atoms with Gasteiger partial charge in [0.2, 0.25) is 5.60 Å². The van der Waals surface area contributed by atoms with Crippen molar-refractivity contribution in [1.29, 1.82) is 0 Å². The van der Waals surface area contributed by atoms with Crippen LogP contribution in [-0.2, 0) is 14.4 Å². The van der Waals surface area contributed by atoms with E-state index in [9.17, 15) is 50.9 Å². The number of aliphatic hydroxyl groups is 2. The lowest BCUT2D eigenvalue weighted by Gasteiger charge is -2.39.